The van der Waals surface area contributed by atoms with Crippen LogP contribution in [0.5, 0.6) is 0 Å². The summed E-state index contributed by atoms with van der Waals surface area (Å²) in [7, 11) is 0. The number of hydrogen-bond acceptors (Lipinski definition) is 4. The third-order valence-corrected chi connectivity index (χ3v) is 1.44. The second kappa shape index (κ2) is 4.36. The van der Waals surface area contributed by atoms with Crippen LogP contribution in [0, 0.1) is 0 Å². The highest BCUT2D eigenvalue weighted by molar-refractivity contribution is 5.51. The first-order chi connectivity index (χ1) is 6.24. The van der Waals surface area contributed by atoms with Crippen molar-refractivity contribution in [3.8, 4) is 0 Å². The van der Waals surface area contributed by atoms with E-state index in [9.17, 15) is 14.4 Å². The van der Waals surface area contributed by atoms with Gasteiger partial charge in [-0.25, -0.2) is 4.79 Å². The molecule has 0 saturated carbocycles. The Morgan fingerprint density at radius 3 is 2.85 bits per heavy atom. The van der Waals surface area contributed by atoms with Gasteiger partial charge < -0.3 is 15.1 Å². The summed E-state index contributed by atoms with van der Waals surface area (Å²) in [6.07, 6.45) is 2.01. The summed E-state index contributed by atoms with van der Waals surface area (Å²) < 4.78 is 0. The van der Waals surface area contributed by atoms with Gasteiger partial charge in [-0.15, -0.1) is 0 Å². The normalized spacial score (nSPS) is 9.85. The van der Waals surface area contributed by atoms with Crippen LogP contribution in [0.1, 0.15) is 5.56 Å². The molecule has 0 atom stereocenters. The van der Waals surface area contributed by atoms with Gasteiger partial charge in [0.15, 0.2) is 0 Å². The molecule has 1 rings (SSSR count). The summed E-state index contributed by atoms with van der Waals surface area (Å²) in [5, 5.41) is 2.70. The summed E-state index contributed by atoms with van der Waals surface area (Å²) in [5.41, 5.74) is -0.590. The van der Waals surface area contributed by atoms with E-state index < -0.39 is 11.2 Å². The van der Waals surface area contributed by atoms with Crippen LogP contribution in [0.4, 0.5) is 0 Å². The van der Waals surface area contributed by atoms with Gasteiger partial charge in [-0.1, -0.05) is 0 Å². The van der Waals surface area contributed by atoms with Crippen molar-refractivity contribution in [1.82, 2.24) is 15.3 Å². The van der Waals surface area contributed by atoms with Crippen molar-refractivity contribution in [1.29, 1.82) is 0 Å². The van der Waals surface area contributed by atoms with Gasteiger partial charge >= 0.3 is 5.69 Å². The van der Waals surface area contributed by atoms with E-state index in [2.05, 4.69) is 15.3 Å². The minimum Gasteiger partial charge on any atom is -0.314 e. The standard InChI is InChI=1S/C7H9N3O3/c11-2-1-8-3-5-4-9-7(13)10-6(5)12/h2,4,8H,1,3H2,(H2,9,10,12,13). The first kappa shape index (κ1) is 9.40. The Labute approximate surface area is 73.0 Å². The number of hydrogen-bond donors (Lipinski definition) is 3. The average molecular weight is 183 g/mol. The summed E-state index contributed by atoms with van der Waals surface area (Å²) >= 11 is 0. The van der Waals surface area contributed by atoms with E-state index in [-0.39, 0.29) is 13.1 Å². The molecule has 0 spiro atoms. The zero-order valence-electron chi connectivity index (χ0n) is 6.79. The monoisotopic (exact) mass is 183 g/mol. The fourth-order valence-electron chi connectivity index (χ4n) is 0.835. The van der Waals surface area contributed by atoms with Crippen molar-refractivity contribution in [2.45, 2.75) is 6.54 Å². The van der Waals surface area contributed by atoms with Crippen LogP contribution >= 0.6 is 0 Å². The third kappa shape index (κ3) is 2.68. The quantitative estimate of drug-likeness (QED) is 0.385. The predicted octanol–water partition coefficient (Wildman–Crippen LogP) is -1.65. The van der Waals surface area contributed by atoms with Gasteiger partial charge in [0, 0.05) is 18.3 Å². The van der Waals surface area contributed by atoms with E-state index in [1.807, 2.05) is 0 Å². The maximum absolute atomic E-state index is 11.0. The molecule has 0 amide bonds. The van der Waals surface area contributed by atoms with Crippen LogP contribution in [0.25, 0.3) is 0 Å². The second-order valence-corrected chi connectivity index (χ2v) is 2.39. The maximum atomic E-state index is 11.0. The van der Waals surface area contributed by atoms with Gasteiger partial charge in [0.2, 0.25) is 0 Å². The molecule has 0 unspecified atom stereocenters. The van der Waals surface area contributed by atoms with Gasteiger partial charge in [0.1, 0.15) is 6.29 Å². The Bertz CT molecular complexity index is 392. The molecule has 70 valence electrons. The lowest BCUT2D eigenvalue weighted by Gasteiger charge is -1.97. The van der Waals surface area contributed by atoms with Crippen LogP contribution in [-0.2, 0) is 11.3 Å². The first-order valence-electron chi connectivity index (χ1n) is 3.69. The van der Waals surface area contributed by atoms with Crippen molar-refractivity contribution in [2.24, 2.45) is 0 Å². The van der Waals surface area contributed by atoms with Gasteiger partial charge in [-0.3, -0.25) is 9.78 Å². The van der Waals surface area contributed by atoms with E-state index in [4.69, 9.17) is 0 Å². The molecule has 13 heavy (non-hydrogen) atoms. The summed E-state index contributed by atoms with van der Waals surface area (Å²) in [4.78, 5) is 35.9. The van der Waals surface area contributed by atoms with Gasteiger partial charge in [-0.05, 0) is 0 Å². The van der Waals surface area contributed by atoms with Crippen molar-refractivity contribution >= 4 is 6.29 Å². The fourth-order valence-corrected chi connectivity index (χ4v) is 0.835. The topological polar surface area (TPSA) is 94.8 Å². The van der Waals surface area contributed by atoms with Crippen molar-refractivity contribution in [3.05, 3.63) is 32.6 Å². The zero-order valence-corrected chi connectivity index (χ0v) is 6.79. The number of aromatic amines is 2. The van der Waals surface area contributed by atoms with E-state index in [1.54, 1.807) is 0 Å². The van der Waals surface area contributed by atoms with Crippen LogP contribution in [0.3, 0.4) is 0 Å². The molecule has 6 heteroatoms. The highest BCUT2D eigenvalue weighted by atomic mass is 16.2. The highest BCUT2D eigenvalue weighted by Crippen LogP contribution is 1.81. The van der Waals surface area contributed by atoms with Gasteiger partial charge in [-0.2, -0.15) is 0 Å². The average Bonchev–Trinajstić information content (AvgIpc) is 2.09. The SMILES string of the molecule is O=CCNCc1c[nH]c(=O)[nH]c1=O. The Hall–Kier alpha value is -1.69. The summed E-state index contributed by atoms with van der Waals surface area (Å²) in [6, 6.07) is 0. The number of rotatable bonds is 4. The number of carbonyl (C=O) groups is 1. The molecule has 1 heterocycles. The van der Waals surface area contributed by atoms with Crippen molar-refractivity contribution in [2.75, 3.05) is 6.54 Å². The molecule has 0 aromatic carbocycles. The van der Waals surface area contributed by atoms with E-state index >= 15 is 0 Å². The largest absolute Gasteiger partial charge is 0.325 e. The van der Waals surface area contributed by atoms with E-state index in [0.717, 1.165) is 0 Å². The number of nitrogens with one attached hydrogen (secondary N) is 3. The molecule has 1 aromatic heterocycles. The predicted molar refractivity (Wildman–Crippen MR) is 45.5 cm³/mol. The first-order valence-corrected chi connectivity index (χ1v) is 3.69. The molecule has 0 aliphatic heterocycles. The Balaban J connectivity index is 2.72. The van der Waals surface area contributed by atoms with Gasteiger partial charge in [0.25, 0.3) is 5.56 Å². The lowest BCUT2D eigenvalue weighted by molar-refractivity contribution is -0.107. The number of aromatic nitrogens is 2. The molecule has 0 fully saturated rings. The lowest BCUT2D eigenvalue weighted by Crippen LogP contribution is -2.28. The molecule has 0 aliphatic rings. The molecule has 0 aliphatic carbocycles. The van der Waals surface area contributed by atoms with Crippen LogP contribution < -0.4 is 16.6 Å². The number of carbonyl (C=O) groups excluding carboxylic acids is 1. The van der Waals surface area contributed by atoms with Crippen LogP contribution in [-0.4, -0.2) is 22.8 Å². The highest BCUT2D eigenvalue weighted by Gasteiger charge is 1.97. The van der Waals surface area contributed by atoms with E-state index in [0.29, 0.717) is 11.8 Å². The van der Waals surface area contributed by atoms with Gasteiger partial charge in [0.05, 0.1) is 6.54 Å². The molecule has 0 bridgehead atoms. The molecule has 0 radical (unpaired) electrons. The zero-order chi connectivity index (χ0) is 9.68. The summed E-state index contributed by atoms with van der Waals surface area (Å²) in [5.74, 6) is 0. The molecule has 3 N–H and O–H groups in total. The third-order valence-electron chi connectivity index (χ3n) is 1.44. The Kier molecular flexibility index (Phi) is 3.15. The number of aldehydes is 1. The molecule has 6 nitrogen and oxygen atoms in total. The fraction of sp³-hybridized carbons (Fsp3) is 0.286. The van der Waals surface area contributed by atoms with Crippen molar-refractivity contribution in [3.63, 3.8) is 0 Å². The minimum absolute atomic E-state index is 0.179. The lowest BCUT2D eigenvalue weighted by atomic mass is 10.3. The molecule has 1 aromatic rings. The maximum Gasteiger partial charge on any atom is 0.325 e. The van der Waals surface area contributed by atoms with E-state index in [1.165, 1.54) is 6.20 Å². The Morgan fingerprint density at radius 2 is 2.23 bits per heavy atom. The molecular weight excluding hydrogens is 174 g/mol. The second-order valence-electron chi connectivity index (χ2n) is 2.39. The molecule has 0 saturated heterocycles. The van der Waals surface area contributed by atoms with Crippen LogP contribution in [0.2, 0.25) is 0 Å². The molecular formula is C7H9N3O3. The smallest absolute Gasteiger partial charge is 0.314 e. The number of H-pyrrole nitrogens is 2. The minimum atomic E-state index is -0.538. The van der Waals surface area contributed by atoms with Crippen LogP contribution in [0.15, 0.2) is 15.8 Å². The van der Waals surface area contributed by atoms with Crippen molar-refractivity contribution < 1.29 is 4.79 Å². The summed E-state index contributed by atoms with van der Waals surface area (Å²) in [6.45, 7) is 0.434. The Morgan fingerprint density at radius 1 is 1.46 bits per heavy atom.